The molecule has 0 spiro atoms. The lowest BCUT2D eigenvalue weighted by atomic mass is 10.0. The van der Waals surface area contributed by atoms with Crippen molar-refractivity contribution in [3.63, 3.8) is 0 Å². The predicted molar refractivity (Wildman–Crippen MR) is 113 cm³/mol. The minimum absolute atomic E-state index is 0.152. The highest BCUT2D eigenvalue weighted by atomic mass is 16.5. The average molecular weight is 377 g/mol. The van der Waals surface area contributed by atoms with E-state index in [0.29, 0.717) is 19.1 Å². The largest absolute Gasteiger partial charge is 0.492 e. The summed E-state index contributed by atoms with van der Waals surface area (Å²) in [6.45, 7) is 6.80. The Bertz CT molecular complexity index is 936. The first kappa shape index (κ1) is 19.7. The first-order valence-electron chi connectivity index (χ1n) is 9.69. The molecule has 1 amide bonds. The Morgan fingerprint density at radius 1 is 0.929 bits per heavy atom. The number of rotatable bonds is 8. The number of amides is 1. The molecular formula is C24H27NO3. The molecule has 0 aromatic heterocycles. The van der Waals surface area contributed by atoms with E-state index in [1.165, 1.54) is 5.39 Å². The molecule has 3 aromatic carbocycles. The number of fused-ring (bicyclic) bond motifs is 1. The second-order valence-electron chi connectivity index (χ2n) is 7.10. The lowest BCUT2D eigenvalue weighted by molar-refractivity contribution is -0.127. The van der Waals surface area contributed by atoms with Crippen LogP contribution in [0, 0.1) is 0 Å². The summed E-state index contributed by atoms with van der Waals surface area (Å²) in [7, 11) is 0. The second kappa shape index (κ2) is 9.27. The van der Waals surface area contributed by atoms with Crippen LogP contribution in [0.15, 0.2) is 66.7 Å². The molecule has 4 heteroatoms. The fourth-order valence-electron chi connectivity index (χ4n) is 3.05. The Balaban J connectivity index is 1.47. The quantitative estimate of drug-likeness (QED) is 0.567. The number of carbonyl (C=O) groups is 1. The van der Waals surface area contributed by atoms with Crippen molar-refractivity contribution in [2.24, 2.45) is 0 Å². The second-order valence-corrected chi connectivity index (χ2v) is 7.10. The normalized spacial score (nSPS) is 12.0. The van der Waals surface area contributed by atoms with Crippen LogP contribution in [0.25, 0.3) is 10.8 Å². The molecule has 1 N–H and O–H groups in total. The number of hydrogen-bond donors (Lipinski definition) is 1. The molecule has 3 rings (SSSR count). The summed E-state index contributed by atoms with van der Waals surface area (Å²) in [6, 6.07) is 22.0. The molecule has 1 unspecified atom stereocenters. The van der Waals surface area contributed by atoms with Gasteiger partial charge in [-0.3, -0.25) is 4.79 Å². The van der Waals surface area contributed by atoms with Crippen molar-refractivity contribution >= 4 is 16.7 Å². The number of para-hydroxylation sites is 1. The van der Waals surface area contributed by atoms with Gasteiger partial charge >= 0.3 is 0 Å². The van der Waals surface area contributed by atoms with Gasteiger partial charge < -0.3 is 14.8 Å². The van der Waals surface area contributed by atoms with Gasteiger partial charge in [0.05, 0.1) is 6.54 Å². The van der Waals surface area contributed by atoms with Crippen LogP contribution >= 0.6 is 0 Å². The van der Waals surface area contributed by atoms with Crippen LogP contribution in [-0.4, -0.2) is 25.2 Å². The van der Waals surface area contributed by atoms with Gasteiger partial charge in [0.2, 0.25) is 0 Å². The molecule has 28 heavy (non-hydrogen) atoms. The molecule has 0 radical (unpaired) electrons. The molecule has 3 aromatic rings. The summed E-state index contributed by atoms with van der Waals surface area (Å²) in [4.78, 5) is 12.3. The molecule has 0 bridgehead atoms. The SMILES string of the molecule is CC(Oc1ccccc1C(C)C)C(=O)NCCOc1ccc2ccccc2c1. The number of hydrogen-bond acceptors (Lipinski definition) is 3. The van der Waals surface area contributed by atoms with Crippen LogP contribution in [0.2, 0.25) is 0 Å². The maximum Gasteiger partial charge on any atom is 0.260 e. The van der Waals surface area contributed by atoms with Gasteiger partial charge in [-0.2, -0.15) is 0 Å². The van der Waals surface area contributed by atoms with Gasteiger partial charge in [-0.05, 0) is 47.4 Å². The Morgan fingerprint density at radius 3 is 2.43 bits per heavy atom. The molecule has 0 saturated heterocycles. The van der Waals surface area contributed by atoms with Crippen LogP contribution in [0.3, 0.4) is 0 Å². The summed E-state index contributed by atoms with van der Waals surface area (Å²) in [5, 5.41) is 5.18. The van der Waals surface area contributed by atoms with Gasteiger partial charge in [0.15, 0.2) is 6.10 Å². The van der Waals surface area contributed by atoms with Crippen molar-refractivity contribution in [3.8, 4) is 11.5 Å². The molecule has 4 nitrogen and oxygen atoms in total. The summed E-state index contributed by atoms with van der Waals surface area (Å²) in [5.74, 6) is 1.73. The first-order chi connectivity index (χ1) is 13.5. The maximum absolute atomic E-state index is 12.3. The summed E-state index contributed by atoms with van der Waals surface area (Å²) in [5.41, 5.74) is 1.10. The van der Waals surface area contributed by atoms with Crippen LogP contribution in [-0.2, 0) is 4.79 Å². The van der Waals surface area contributed by atoms with Crippen LogP contribution < -0.4 is 14.8 Å². The van der Waals surface area contributed by atoms with Crippen molar-refractivity contribution in [2.45, 2.75) is 32.8 Å². The number of nitrogens with one attached hydrogen (secondary N) is 1. The van der Waals surface area contributed by atoms with E-state index in [9.17, 15) is 4.79 Å². The van der Waals surface area contributed by atoms with E-state index in [4.69, 9.17) is 9.47 Å². The third-order valence-electron chi connectivity index (χ3n) is 4.60. The Kier molecular flexibility index (Phi) is 6.53. The zero-order chi connectivity index (χ0) is 19.9. The zero-order valence-corrected chi connectivity index (χ0v) is 16.6. The first-order valence-corrected chi connectivity index (χ1v) is 9.69. The summed E-state index contributed by atoms with van der Waals surface area (Å²) >= 11 is 0. The molecule has 0 heterocycles. The van der Waals surface area contributed by atoms with E-state index in [1.807, 2.05) is 54.6 Å². The van der Waals surface area contributed by atoms with Crippen LogP contribution in [0.5, 0.6) is 11.5 Å². The van der Waals surface area contributed by atoms with E-state index in [-0.39, 0.29) is 5.91 Å². The molecule has 0 aliphatic heterocycles. The number of ether oxygens (including phenoxy) is 2. The summed E-state index contributed by atoms with van der Waals surface area (Å²) in [6.07, 6.45) is -0.569. The van der Waals surface area contributed by atoms with Crippen LogP contribution in [0.4, 0.5) is 0 Å². The Hall–Kier alpha value is -3.01. The lowest BCUT2D eigenvalue weighted by Crippen LogP contribution is -2.38. The smallest absolute Gasteiger partial charge is 0.260 e. The van der Waals surface area contributed by atoms with Crippen molar-refractivity contribution in [2.75, 3.05) is 13.2 Å². The number of benzene rings is 3. The van der Waals surface area contributed by atoms with Crippen molar-refractivity contribution in [1.29, 1.82) is 0 Å². The van der Waals surface area contributed by atoms with Crippen LogP contribution in [0.1, 0.15) is 32.3 Å². The fourth-order valence-corrected chi connectivity index (χ4v) is 3.05. The minimum atomic E-state index is -0.569. The predicted octanol–water partition coefficient (Wildman–Crippen LogP) is 4.93. The van der Waals surface area contributed by atoms with Gasteiger partial charge in [0.1, 0.15) is 18.1 Å². The lowest BCUT2D eigenvalue weighted by Gasteiger charge is -2.18. The highest BCUT2D eigenvalue weighted by molar-refractivity contribution is 5.83. The molecule has 0 aliphatic carbocycles. The highest BCUT2D eigenvalue weighted by Gasteiger charge is 2.16. The Labute approximate surface area is 166 Å². The van der Waals surface area contributed by atoms with Gasteiger partial charge in [0.25, 0.3) is 5.91 Å². The molecule has 0 aliphatic rings. The van der Waals surface area contributed by atoms with E-state index < -0.39 is 6.10 Å². The van der Waals surface area contributed by atoms with E-state index in [0.717, 1.165) is 22.4 Å². The maximum atomic E-state index is 12.3. The van der Waals surface area contributed by atoms with E-state index >= 15 is 0 Å². The third-order valence-corrected chi connectivity index (χ3v) is 4.60. The minimum Gasteiger partial charge on any atom is -0.492 e. The van der Waals surface area contributed by atoms with Crippen molar-refractivity contribution in [1.82, 2.24) is 5.32 Å². The van der Waals surface area contributed by atoms with Gasteiger partial charge in [-0.15, -0.1) is 0 Å². The average Bonchev–Trinajstić information content (AvgIpc) is 2.71. The van der Waals surface area contributed by atoms with Gasteiger partial charge in [0, 0.05) is 0 Å². The molecule has 0 saturated carbocycles. The molecule has 146 valence electrons. The van der Waals surface area contributed by atoms with Gasteiger partial charge in [-0.1, -0.05) is 62.4 Å². The fraction of sp³-hybridized carbons (Fsp3) is 0.292. The summed E-state index contributed by atoms with van der Waals surface area (Å²) < 4.78 is 11.6. The number of carbonyl (C=O) groups excluding carboxylic acids is 1. The topological polar surface area (TPSA) is 47.6 Å². The third kappa shape index (κ3) is 5.03. The van der Waals surface area contributed by atoms with E-state index in [2.05, 4.69) is 31.3 Å². The van der Waals surface area contributed by atoms with E-state index in [1.54, 1.807) is 6.92 Å². The van der Waals surface area contributed by atoms with Crippen molar-refractivity contribution in [3.05, 3.63) is 72.3 Å². The van der Waals surface area contributed by atoms with Gasteiger partial charge in [-0.25, -0.2) is 0 Å². The highest BCUT2D eigenvalue weighted by Crippen LogP contribution is 2.26. The molecule has 0 fully saturated rings. The monoisotopic (exact) mass is 377 g/mol. The molecular weight excluding hydrogens is 350 g/mol. The Morgan fingerprint density at radius 2 is 1.64 bits per heavy atom. The molecule has 1 atom stereocenters. The van der Waals surface area contributed by atoms with Crippen molar-refractivity contribution < 1.29 is 14.3 Å². The zero-order valence-electron chi connectivity index (χ0n) is 16.6. The standard InChI is InChI=1S/C24H27NO3/c1-17(2)22-10-6-7-11-23(22)28-18(3)24(26)25-14-15-27-21-13-12-19-8-4-5-9-20(19)16-21/h4-13,16-18H,14-15H2,1-3H3,(H,25,26).